The SMILES string of the molecule is Cc1ccc(F)c(C(=O)CC(C)(C)N)c1. The van der Waals surface area contributed by atoms with Crippen LogP contribution in [0, 0.1) is 12.7 Å². The van der Waals surface area contributed by atoms with Crippen LogP contribution >= 0.6 is 0 Å². The summed E-state index contributed by atoms with van der Waals surface area (Å²) < 4.78 is 13.3. The van der Waals surface area contributed by atoms with Crippen molar-refractivity contribution in [3.05, 3.63) is 35.1 Å². The van der Waals surface area contributed by atoms with Crippen molar-refractivity contribution in [1.82, 2.24) is 0 Å². The Hall–Kier alpha value is -1.22. The van der Waals surface area contributed by atoms with E-state index in [-0.39, 0.29) is 17.8 Å². The summed E-state index contributed by atoms with van der Waals surface area (Å²) in [6.45, 7) is 5.32. The third-order valence-corrected chi connectivity index (χ3v) is 2.04. The van der Waals surface area contributed by atoms with E-state index in [1.807, 2.05) is 6.92 Å². The standard InChI is InChI=1S/C12H16FNO/c1-8-4-5-10(13)9(6-8)11(15)7-12(2,3)14/h4-6H,7,14H2,1-3H3. The number of nitrogens with two attached hydrogens (primary N) is 1. The first-order valence-corrected chi connectivity index (χ1v) is 4.88. The van der Waals surface area contributed by atoms with Crippen molar-refractivity contribution in [3.8, 4) is 0 Å². The van der Waals surface area contributed by atoms with E-state index in [4.69, 9.17) is 5.73 Å². The van der Waals surface area contributed by atoms with Crippen LogP contribution in [0.5, 0.6) is 0 Å². The second-order valence-electron chi connectivity index (χ2n) is 4.57. The van der Waals surface area contributed by atoms with Crippen LogP contribution in [-0.2, 0) is 0 Å². The predicted octanol–water partition coefficient (Wildman–Crippen LogP) is 2.44. The van der Waals surface area contributed by atoms with Crippen molar-refractivity contribution >= 4 is 5.78 Å². The summed E-state index contributed by atoms with van der Waals surface area (Å²) in [4.78, 5) is 11.7. The summed E-state index contributed by atoms with van der Waals surface area (Å²) in [6, 6.07) is 4.51. The quantitative estimate of drug-likeness (QED) is 0.777. The minimum atomic E-state index is -0.604. The third-order valence-electron chi connectivity index (χ3n) is 2.04. The van der Waals surface area contributed by atoms with E-state index in [1.165, 1.54) is 6.07 Å². The Kier molecular flexibility index (Phi) is 3.25. The zero-order valence-electron chi connectivity index (χ0n) is 9.30. The van der Waals surface area contributed by atoms with Gasteiger partial charge in [-0.3, -0.25) is 4.79 Å². The van der Waals surface area contributed by atoms with Gasteiger partial charge in [0.1, 0.15) is 5.82 Å². The molecule has 15 heavy (non-hydrogen) atoms. The van der Waals surface area contributed by atoms with Gasteiger partial charge in [0.05, 0.1) is 5.56 Å². The molecule has 0 bridgehead atoms. The van der Waals surface area contributed by atoms with Crippen LogP contribution in [0.3, 0.4) is 0 Å². The van der Waals surface area contributed by atoms with Gasteiger partial charge in [-0.1, -0.05) is 11.6 Å². The van der Waals surface area contributed by atoms with Crippen molar-refractivity contribution in [1.29, 1.82) is 0 Å². The highest BCUT2D eigenvalue weighted by Gasteiger charge is 2.20. The number of benzene rings is 1. The molecule has 0 fully saturated rings. The number of halogens is 1. The molecule has 0 amide bonds. The van der Waals surface area contributed by atoms with E-state index in [1.54, 1.807) is 26.0 Å². The summed E-state index contributed by atoms with van der Waals surface area (Å²) in [7, 11) is 0. The maximum atomic E-state index is 13.3. The lowest BCUT2D eigenvalue weighted by molar-refractivity contribution is 0.0956. The van der Waals surface area contributed by atoms with Gasteiger partial charge in [-0.15, -0.1) is 0 Å². The summed E-state index contributed by atoms with van der Waals surface area (Å²) in [5, 5.41) is 0. The Morgan fingerprint density at radius 3 is 2.60 bits per heavy atom. The number of aryl methyl sites for hydroxylation is 1. The topological polar surface area (TPSA) is 43.1 Å². The maximum Gasteiger partial charge on any atom is 0.167 e. The van der Waals surface area contributed by atoms with Gasteiger partial charge >= 0.3 is 0 Å². The Morgan fingerprint density at radius 2 is 2.07 bits per heavy atom. The van der Waals surface area contributed by atoms with Crippen LogP contribution < -0.4 is 5.73 Å². The third kappa shape index (κ3) is 3.44. The molecule has 0 spiro atoms. The van der Waals surface area contributed by atoms with E-state index >= 15 is 0 Å². The molecule has 0 saturated carbocycles. The van der Waals surface area contributed by atoms with Crippen LogP contribution in [-0.4, -0.2) is 11.3 Å². The van der Waals surface area contributed by atoms with E-state index in [9.17, 15) is 9.18 Å². The normalized spacial score (nSPS) is 11.5. The van der Waals surface area contributed by atoms with Gasteiger partial charge in [0.2, 0.25) is 0 Å². The fourth-order valence-electron chi connectivity index (χ4n) is 1.36. The molecule has 82 valence electrons. The predicted molar refractivity (Wildman–Crippen MR) is 58.4 cm³/mol. The number of hydrogen-bond donors (Lipinski definition) is 1. The van der Waals surface area contributed by atoms with E-state index in [0.717, 1.165) is 5.56 Å². The number of ketones is 1. The van der Waals surface area contributed by atoms with Crippen LogP contribution in [0.25, 0.3) is 0 Å². The molecule has 3 heteroatoms. The van der Waals surface area contributed by atoms with Crippen molar-refractivity contribution in [2.45, 2.75) is 32.7 Å². The molecular weight excluding hydrogens is 193 g/mol. The van der Waals surface area contributed by atoms with Gasteiger partial charge in [0, 0.05) is 12.0 Å². The van der Waals surface area contributed by atoms with Crippen molar-refractivity contribution in [2.24, 2.45) is 5.73 Å². The van der Waals surface area contributed by atoms with E-state index < -0.39 is 11.4 Å². The van der Waals surface area contributed by atoms with Gasteiger partial charge in [-0.2, -0.15) is 0 Å². The minimum absolute atomic E-state index is 0.133. The molecule has 0 heterocycles. The minimum Gasteiger partial charge on any atom is -0.325 e. The van der Waals surface area contributed by atoms with E-state index in [2.05, 4.69) is 0 Å². The number of Topliss-reactive ketones (excluding diaryl/α,β-unsaturated/α-hetero) is 1. The molecule has 0 aromatic heterocycles. The lowest BCUT2D eigenvalue weighted by Gasteiger charge is -2.17. The molecule has 0 radical (unpaired) electrons. The maximum absolute atomic E-state index is 13.3. The van der Waals surface area contributed by atoms with Crippen molar-refractivity contribution < 1.29 is 9.18 Å². The largest absolute Gasteiger partial charge is 0.325 e. The summed E-state index contributed by atoms with van der Waals surface area (Å²) in [6.07, 6.45) is 0.146. The highest BCUT2D eigenvalue weighted by Crippen LogP contribution is 2.15. The number of carbonyl (C=O) groups excluding carboxylic acids is 1. The summed E-state index contributed by atoms with van der Waals surface area (Å²) in [5.41, 5.74) is 6.12. The van der Waals surface area contributed by atoms with Gasteiger partial charge in [-0.25, -0.2) is 4.39 Å². The fraction of sp³-hybridized carbons (Fsp3) is 0.417. The molecular formula is C12H16FNO. The molecule has 2 N–H and O–H groups in total. The van der Waals surface area contributed by atoms with Gasteiger partial charge < -0.3 is 5.73 Å². The molecule has 1 aromatic rings. The molecule has 2 nitrogen and oxygen atoms in total. The molecule has 0 aliphatic heterocycles. The van der Waals surface area contributed by atoms with Gasteiger partial charge in [0.25, 0.3) is 0 Å². The van der Waals surface area contributed by atoms with Crippen LogP contribution in [0.15, 0.2) is 18.2 Å². The van der Waals surface area contributed by atoms with Gasteiger partial charge in [0.15, 0.2) is 5.78 Å². The van der Waals surface area contributed by atoms with Gasteiger partial charge in [-0.05, 0) is 32.9 Å². The monoisotopic (exact) mass is 209 g/mol. The average molecular weight is 209 g/mol. The highest BCUT2D eigenvalue weighted by molar-refractivity contribution is 5.97. The lowest BCUT2D eigenvalue weighted by atomic mass is 9.94. The van der Waals surface area contributed by atoms with Crippen LogP contribution in [0.4, 0.5) is 4.39 Å². The second-order valence-corrected chi connectivity index (χ2v) is 4.57. The molecule has 0 aliphatic carbocycles. The molecule has 0 atom stereocenters. The zero-order chi connectivity index (χ0) is 11.6. The lowest BCUT2D eigenvalue weighted by Crippen LogP contribution is -2.34. The molecule has 1 rings (SSSR count). The smallest absolute Gasteiger partial charge is 0.167 e. The molecule has 1 aromatic carbocycles. The summed E-state index contributed by atoms with van der Waals surface area (Å²) in [5.74, 6) is -0.724. The van der Waals surface area contributed by atoms with Crippen LogP contribution in [0.1, 0.15) is 36.2 Å². The van der Waals surface area contributed by atoms with Crippen molar-refractivity contribution in [2.75, 3.05) is 0 Å². The highest BCUT2D eigenvalue weighted by atomic mass is 19.1. The Bertz CT molecular complexity index is 380. The fourth-order valence-corrected chi connectivity index (χ4v) is 1.36. The Labute approximate surface area is 89.3 Å². The zero-order valence-corrected chi connectivity index (χ0v) is 9.30. The number of rotatable bonds is 3. The Morgan fingerprint density at radius 1 is 1.47 bits per heavy atom. The molecule has 0 saturated heterocycles. The number of hydrogen-bond acceptors (Lipinski definition) is 2. The van der Waals surface area contributed by atoms with E-state index in [0.29, 0.717) is 0 Å². The first-order chi connectivity index (χ1) is 6.79. The first kappa shape index (κ1) is 11.9. The summed E-state index contributed by atoms with van der Waals surface area (Å²) >= 11 is 0. The first-order valence-electron chi connectivity index (χ1n) is 4.88. The molecule has 0 unspecified atom stereocenters. The Balaban J connectivity index is 2.96. The molecule has 0 aliphatic rings. The van der Waals surface area contributed by atoms with Crippen LogP contribution in [0.2, 0.25) is 0 Å². The average Bonchev–Trinajstić information content (AvgIpc) is 2.06. The van der Waals surface area contributed by atoms with Crippen molar-refractivity contribution in [3.63, 3.8) is 0 Å². The number of carbonyl (C=O) groups is 1. The second kappa shape index (κ2) is 4.11.